The minimum Gasteiger partial charge on any atom is -0.507 e. The quantitative estimate of drug-likeness (QED) is 0.883. The van der Waals surface area contributed by atoms with Gasteiger partial charge < -0.3 is 10.4 Å². The largest absolute Gasteiger partial charge is 0.507 e. The molecule has 2 aromatic rings. The van der Waals surface area contributed by atoms with E-state index in [0.29, 0.717) is 0 Å². The van der Waals surface area contributed by atoms with Gasteiger partial charge in [0.15, 0.2) is 5.82 Å². The van der Waals surface area contributed by atoms with Crippen molar-refractivity contribution in [3.63, 3.8) is 0 Å². The Morgan fingerprint density at radius 3 is 2.60 bits per heavy atom. The molecule has 0 bridgehead atoms. The zero-order chi connectivity index (χ0) is 14.9. The van der Waals surface area contributed by atoms with E-state index in [1.54, 1.807) is 0 Å². The van der Waals surface area contributed by atoms with Gasteiger partial charge in [0.1, 0.15) is 17.3 Å². The number of hydrogen-bond acceptors (Lipinski definition) is 2. The number of anilines is 1. The summed E-state index contributed by atoms with van der Waals surface area (Å²) in [7, 11) is 0. The molecule has 0 saturated carbocycles. The van der Waals surface area contributed by atoms with E-state index in [2.05, 4.69) is 5.32 Å². The van der Waals surface area contributed by atoms with E-state index in [1.165, 1.54) is 31.2 Å². The Labute approximate surface area is 118 Å². The number of phenols is 1. The highest BCUT2D eigenvalue weighted by Gasteiger charge is 2.17. The van der Waals surface area contributed by atoms with Crippen LogP contribution in [0.25, 0.3) is 0 Å². The topological polar surface area (TPSA) is 49.3 Å². The number of amides is 1. The van der Waals surface area contributed by atoms with Crippen LogP contribution in [-0.2, 0) is 0 Å². The normalized spacial score (nSPS) is 10.4. The molecule has 0 heterocycles. The lowest BCUT2D eigenvalue weighted by atomic mass is 10.1. The van der Waals surface area contributed by atoms with Gasteiger partial charge in [-0.15, -0.1) is 0 Å². The van der Waals surface area contributed by atoms with Crippen LogP contribution in [0.4, 0.5) is 14.5 Å². The number of aromatic hydroxyl groups is 1. The smallest absolute Gasteiger partial charge is 0.259 e. The first-order valence-corrected chi connectivity index (χ1v) is 6.02. The van der Waals surface area contributed by atoms with Crippen LogP contribution in [0, 0.1) is 18.6 Å². The Morgan fingerprint density at radius 2 is 1.95 bits per heavy atom. The minimum absolute atomic E-state index is 0.130. The van der Waals surface area contributed by atoms with Gasteiger partial charge in [-0.25, -0.2) is 8.78 Å². The number of hydrogen-bond donors (Lipinski definition) is 2. The summed E-state index contributed by atoms with van der Waals surface area (Å²) in [4.78, 5) is 11.9. The molecular weight excluding hydrogens is 288 g/mol. The second kappa shape index (κ2) is 5.46. The maximum Gasteiger partial charge on any atom is 0.259 e. The number of benzene rings is 2. The molecule has 2 N–H and O–H groups in total. The fourth-order valence-corrected chi connectivity index (χ4v) is 1.82. The van der Waals surface area contributed by atoms with E-state index in [1.807, 2.05) is 0 Å². The van der Waals surface area contributed by atoms with Gasteiger partial charge in [-0.05, 0) is 36.8 Å². The molecule has 0 aromatic heterocycles. The van der Waals surface area contributed by atoms with Crippen molar-refractivity contribution in [2.24, 2.45) is 0 Å². The molecule has 3 nitrogen and oxygen atoms in total. The van der Waals surface area contributed by atoms with Crippen molar-refractivity contribution in [2.75, 3.05) is 5.32 Å². The summed E-state index contributed by atoms with van der Waals surface area (Å²) >= 11 is 5.64. The molecule has 0 fully saturated rings. The lowest BCUT2D eigenvalue weighted by Gasteiger charge is -2.10. The van der Waals surface area contributed by atoms with E-state index >= 15 is 0 Å². The van der Waals surface area contributed by atoms with Crippen LogP contribution in [0.1, 0.15) is 15.9 Å². The Bertz CT molecular complexity index is 689. The number of nitrogens with one attached hydrogen (secondary N) is 1. The van der Waals surface area contributed by atoms with Crippen molar-refractivity contribution in [3.05, 3.63) is 58.1 Å². The highest BCUT2D eigenvalue weighted by atomic mass is 35.5. The van der Waals surface area contributed by atoms with Crippen molar-refractivity contribution in [1.29, 1.82) is 0 Å². The Hall–Kier alpha value is -2.14. The summed E-state index contributed by atoms with van der Waals surface area (Å²) in [5, 5.41) is 11.9. The fourth-order valence-electron chi connectivity index (χ4n) is 1.65. The van der Waals surface area contributed by atoms with Gasteiger partial charge in [-0.2, -0.15) is 0 Å². The summed E-state index contributed by atoms with van der Waals surface area (Å²) in [6.45, 7) is 1.45. The maximum atomic E-state index is 13.8. The lowest BCUT2D eigenvalue weighted by Crippen LogP contribution is -2.15. The summed E-state index contributed by atoms with van der Waals surface area (Å²) in [6, 6.07) is 6.13. The van der Waals surface area contributed by atoms with Gasteiger partial charge in [-0.3, -0.25) is 4.79 Å². The van der Waals surface area contributed by atoms with E-state index in [-0.39, 0.29) is 21.9 Å². The molecule has 6 heteroatoms. The Morgan fingerprint density at radius 1 is 1.25 bits per heavy atom. The van der Waals surface area contributed by atoms with Crippen LogP contribution in [0.5, 0.6) is 5.75 Å². The van der Waals surface area contributed by atoms with Gasteiger partial charge in [0.25, 0.3) is 5.91 Å². The second-order valence-electron chi connectivity index (χ2n) is 4.17. The van der Waals surface area contributed by atoms with E-state index in [9.17, 15) is 18.7 Å². The van der Waals surface area contributed by atoms with Crippen LogP contribution >= 0.6 is 11.6 Å². The van der Waals surface area contributed by atoms with Gasteiger partial charge in [0.2, 0.25) is 0 Å². The second-order valence-corrected chi connectivity index (χ2v) is 4.61. The van der Waals surface area contributed by atoms with Crippen molar-refractivity contribution in [2.45, 2.75) is 6.92 Å². The van der Waals surface area contributed by atoms with Crippen molar-refractivity contribution in [1.82, 2.24) is 0 Å². The lowest BCUT2D eigenvalue weighted by molar-refractivity contribution is 0.102. The monoisotopic (exact) mass is 297 g/mol. The molecule has 2 rings (SSSR count). The SMILES string of the molecule is Cc1ccc(F)c(NC(=O)c2ccc(Cl)cc2O)c1F. The molecule has 0 spiro atoms. The average Bonchev–Trinajstić information content (AvgIpc) is 2.39. The van der Waals surface area contributed by atoms with Gasteiger partial charge in [0.05, 0.1) is 5.56 Å². The summed E-state index contributed by atoms with van der Waals surface area (Å²) < 4.78 is 27.3. The van der Waals surface area contributed by atoms with Gasteiger partial charge >= 0.3 is 0 Å². The molecule has 2 aromatic carbocycles. The van der Waals surface area contributed by atoms with Crippen LogP contribution in [0.2, 0.25) is 5.02 Å². The van der Waals surface area contributed by atoms with Crippen molar-refractivity contribution < 1.29 is 18.7 Å². The minimum atomic E-state index is -0.894. The first-order chi connectivity index (χ1) is 9.40. The van der Waals surface area contributed by atoms with Gasteiger partial charge in [-0.1, -0.05) is 17.7 Å². The van der Waals surface area contributed by atoms with Crippen LogP contribution < -0.4 is 5.32 Å². The molecule has 0 saturated heterocycles. The number of phenolic OH excluding ortho intramolecular Hbond substituents is 1. The van der Waals surface area contributed by atoms with Crippen molar-refractivity contribution >= 4 is 23.2 Å². The standard InChI is InChI=1S/C14H10ClF2NO2/c1-7-2-5-10(16)13(12(7)17)18-14(20)9-4-3-8(15)6-11(9)19/h2-6,19H,1H3,(H,18,20). The molecule has 0 aliphatic rings. The zero-order valence-electron chi connectivity index (χ0n) is 10.4. The zero-order valence-corrected chi connectivity index (χ0v) is 11.1. The molecule has 0 radical (unpaired) electrons. The molecule has 104 valence electrons. The summed E-state index contributed by atoms with van der Waals surface area (Å²) in [5.41, 5.74) is -0.485. The first-order valence-electron chi connectivity index (χ1n) is 5.64. The Kier molecular flexibility index (Phi) is 3.90. The number of carbonyl (C=O) groups excluding carboxylic acids is 1. The molecular formula is C14H10ClF2NO2. The molecule has 0 atom stereocenters. The number of rotatable bonds is 2. The molecule has 0 aliphatic heterocycles. The molecule has 0 unspecified atom stereocenters. The maximum absolute atomic E-state index is 13.8. The Balaban J connectivity index is 2.35. The first kappa shape index (κ1) is 14.3. The van der Waals surface area contributed by atoms with E-state index in [4.69, 9.17) is 11.6 Å². The molecule has 1 amide bonds. The average molecular weight is 298 g/mol. The third-order valence-corrected chi connectivity index (χ3v) is 2.96. The molecule has 0 aliphatic carbocycles. The van der Waals surface area contributed by atoms with Crippen LogP contribution in [0.3, 0.4) is 0 Å². The highest BCUT2D eigenvalue weighted by molar-refractivity contribution is 6.31. The highest BCUT2D eigenvalue weighted by Crippen LogP contribution is 2.25. The third kappa shape index (κ3) is 2.72. The summed E-state index contributed by atoms with van der Waals surface area (Å²) in [5.74, 6) is -2.95. The van der Waals surface area contributed by atoms with Crippen LogP contribution in [-0.4, -0.2) is 11.0 Å². The fraction of sp³-hybridized carbons (Fsp3) is 0.0714. The van der Waals surface area contributed by atoms with Crippen LogP contribution in [0.15, 0.2) is 30.3 Å². The number of halogens is 3. The van der Waals surface area contributed by atoms with Gasteiger partial charge in [0, 0.05) is 5.02 Å². The number of aryl methyl sites for hydroxylation is 1. The van der Waals surface area contributed by atoms with Crippen molar-refractivity contribution in [3.8, 4) is 5.75 Å². The predicted molar refractivity (Wildman–Crippen MR) is 72.2 cm³/mol. The summed E-state index contributed by atoms with van der Waals surface area (Å²) in [6.07, 6.45) is 0. The third-order valence-electron chi connectivity index (χ3n) is 2.73. The van der Waals surface area contributed by atoms with E-state index in [0.717, 1.165) is 6.07 Å². The number of carbonyl (C=O) groups is 1. The predicted octanol–water partition coefficient (Wildman–Crippen LogP) is 3.88. The van der Waals surface area contributed by atoms with E-state index < -0.39 is 23.2 Å². The molecule has 20 heavy (non-hydrogen) atoms.